The summed E-state index contributed by atoms with van der Waals surface area (Å²) in [5.74, 6) is -0.827. The molecule has 0 spiro atoms. The van der Waals surface area contributed by atoms with Gasteiger partial charge in [0.05, 0.1) is 5.02 Å². The van der Waals surface area contributed by atoms with Gasteiger partial charge in [-0.25, -0.2) is 4.79 Å². The van der Waals surface area contributed by atoms with E-state index >= 15 is 0 Å². The van der Waals surface area contributed by atoms with Crippen molar-refractivity contribution in [2.24, 2.45) is 0 Å². The molecule has 16 heavy (non-hydrogen) atoms. The number of carbonyl (C=O) groups is 2. The van der Waals surface area contributed by atoms with Crippen LogP contribution >= 0.6 is 23.2 Å². The van der Waals surface area contributed by atoms with Crippen molar-refractivity contribution in [2.75, 3.05) is 0 Å². The van der Waals surface area contributed by atoms with Crippen LogP contribution in [0.2, 0.25) is 10.0 Å². The zero-order valence-corrected chi connectivity index (χ0v) is 9.26. The number of amides is 3. The van der Waals surface area contributed by atoms with Crippen LogP contribution in [-0.2, 0) is 4.79 Å². The van der Waals surface area contributed by atoms with Crippen LogP contribution in [0.15, 0.2) is 12.1 Å². The van der Waals surface area contributed by atoms with Crippen molar-refractivity contribution in [1.29, 1.82) is 0 Å². The fourth-order valence-corrected chi connectivity index (χ4v) is 1.95. The molecule has 5 nitrogen and oxygen atoms in total. The lowest BCUT2D eigenvalue weighted by atomic mass is 10.1. The Hall–Kier alpha value is -1.46. The third-order valence-electron chi connectivity index (χ3n) is 2.14. The van der Waals surface area contributed by atoms with E-state index in [9.17, 15) is 14.7 Å². The average Bonchev–Trinajstić information content (AvgIpc) is 2.51. The molecule has 1 heterocycles. The SMILES string of the molecule is O=C1NC(=O)C(c2cc(Cl)cc(Cl)c2O)N1. The number of imide groups is 1. The highest BCUT2D eigenvalue weighted by Crippen LogP contribution is 2.35. The summed E-state index contributed by atoms with van der Waals surface area (Å²) in [6.07, 6.45) is 0. The van der Waals surface area contributed by atoms with Crippen LogP contribution in [0.4, 0.5) is 4.79 Å². The Morgan fingerprint density at radius 1 is 1.25 bits per heavy atom. The summed E-state index contributed by atoms with van der Waals surface area (Å²) in [4.78, 5) is 22.3. The van der Waals surface area contributed by atoms with Crippen molar-refractivity contribution in [3.63, 3.8) is 0 Å². The first-order valence-corrected chi connectivity index (χ1v) is 5.04. The summed E-state index contributed by atoms with van der Waals surface area (Å²) >= 11 is 11.4. The van der Waals surface area contributed by atoms with Crippen LogP contribution in [0.1, 0.15) is 11.6 Å². The van der Waals surface area contributed by atoms with Crippen molar-refractivity contribution >= 4 is 35.1 Å². The molecule has 1 unspecified atom stereocenters. The van der Waals surface area contributed by atoms with Crippen molar-refractivity contribution < 1.29 is 14.7 Å². The normalized spacial score (nSPS) is 19.5. The predicted molar refractivity (Wildman–Crippen MR) is 57.5 cm³/mol. The Morgan fingerprint density at radius 2 is 1.94 bits per heavy atom. The molecule has 0 bridgehead atoms. The monoisotopic (exact) mass is 260 g/mol. The van der Waals surface area contributed by atoms with Crippen molar-refractivity contribution in [2.45, 2.75) is 6.04 Å². The highest BCUT2D eigenvalue weighted by atomic mass is 35.5. The molecule has 7 heteroatoms. The van der Waals surface area contributed by atoms with Gasteiger partial charge in [0.2, 0.25) is 0 Å². The lowest BCUT2D eigenvalue weighted by Crippen LogP contribution is -2.22. The maximum atomic E-state index is 11.4. The molecule has 3 amide bonds. The molecule has 0 aliphatic carbocycles. The Labute approximate surface area is 100 Å². The molecule has 1 fully saturated rings. The Morgan fingerprint density at radius 3 is 2.50 bits per heavy atom. The highest BCUT2D eigenvalue weighted by molar-refractivity contribution is 6.35. The second-order valence-corrected chi connectivity index (χ2v) is 4.06. The third-order valence-corrected chi connectivity index (χ3v) is 2.65. The standard InChI is InChI=1S/C9H6Cl2N2O3/c10-3-1-4(7(14)5(11)2-3)6-8(15)13-9(16)12-6/h1-2,6,14H,(H2,12,13,15,16). The van der Waals surface area contributed by atoms with Gasteiger partial charge in [-0.1, -0.05) is 23.2 Å². The van der Waals surface area contributed by atoms with Crippen LogP contribution < -0.4 is 10.6 Å². The molecule has 0 radical (unpaired) electrons. The lowest BCUT2D eigenvalue weighted by molar-refractivity contribution is -0.120. The van der Waals surface area contributed by atoms with Gasteiger partial charge in [0.15, 0.2) is 0 Å². The van der Waals surface area contributed by atoms with Gasteiger partial charge >= 0.3 is 6.03 Å². The van der Waals surface area contributed by atoms with Crippen LogP contribution in [0, 0.1) is 0 Å². The molecule has 1 atom stereocenters. The van der Waals surface area contributed by atoms with Gasteiger partial charge in [0, 0.05) is 10.6 Å². The number of carbonyl (C=O) groups excluding carboxylic acids is 2. The van der Waals surface area contributed by atoms with E-state index in [-0.39, 0.29) is 21.4 Å². The number of hydrogen-bond acceptors (Lipinski definition) is 3. The summed E-state index contributed by atoms with van der Waals surface area (Å²) in [6, 6.07) is 1.13. The molecule has 84 valence electrons. The number of hydrogen-bond donors (Lipinski definition) is 3. The Balaban J connectivity index is 2.48. The molecule has 2 rings (SSSR count). The molecule has 0 aromatic heterocycles. The summed E-state index contributed by atoms with van der Waals surface area (Å²) < 4.78 is 0. The van der Waals surface area contributed by atoms with E-state index in [2.05, 4.69) is 5.32 Å². The van der Waals surface area contributed by atoms with E-state index in [4.69, 9.17) is 23.2 Å². The molecule has 1 aromatic carbocycles. The van der Waals surface area contributed by atoms with Gasteiger partial charge in [0.1, 0.15) is 11.8 Å². The molecule has 0 saturated carbocycles. The number of urea groups is 1. The smallest absolute Gasteiger partial charge is 0.322 e. The average molecular weight is 261 g/mol. The van der Waals surface area contributed by atoms with E-state index in [0.717, 1.165) is 0 Å². The maximum Gasteiger partial charge on any atom is 0.322 e. The minimum Gasteiger partial charge on any atom is -0.506 e. The number of aromatic hydroxyl groups is 1. The molecule has 3 N–H and O–H groups in total. The maximum absolute atomic E-state index is 11.4. The second kappa shape index (κ2) is 3.84. The number of benzene rings is 1. The minimum absolute atomic E-state index is 0.0245. The van der Waals surface area contributed by atoms with Gasteiger partial charge in [-0.2, -0.15) is 0 Å². The zero-order chi connectivity index (χ0) is 11.9. The Kier molecular flexibility index (Phi) is 2.65. The summed E-state index contributed by atoms with van der Waals surface area (Å²) in [6.45, 7) is 0. The first-order chi connectivity index (χ1) is 7.49. The van der Waals surface area contributed by atoms with Crippen LogP contribution in [0.25, 0.3) is 0 Å². The van der Waals surface area contributed by atoms with Crippen LogP contribution in [0.3, 0.4) is 0 Å². The van der Waals surface area contributed by atoms with Crippen LogP contribution in [-0.4, -0.2) is 17.0 Å². The van der Waals surface area contributed by atoms with E-state index in [1.807, 2.05) is 5.32 Å². The van der Waals surface area contributed by atoms with Crippen molar-refractivity contribution in [3.05, 3.63) is 27.7 Å². The first-order valence-electron chi connectivity index (χ1n) is 4.28. The number of nitrogens with one attached hydrogen (secondary N) is 2. The van der Waals surface area contributed by atoms with Gasteiger partial charge < -0.3 is 10.4 Å². The van der Waals surface area contributed by atoms with Gasteiger partial charge in [0.25, 0.3) is 5.91 Å². The summed E-state index contributed by atoms with van der Waals surface area (Å²) in [5, 5.41) is 14.3. The largest absolute Gasteiger partial charge is 0.506 e. The summed E-state index contributed by atoms with van der Waals surface area (Å²) in [7, 11) is 0. The zero-order valence-electron chi connectivity index (χ0n) is 7.75. The van der Waals surface area contributed by atoms with Gasteiger partial charge in [-0.15, -0.1) is 0 Å². The number of phenolic OH excluding ortho intramolecular Hbond substituents is 1. The lowest BCUT2D eigenvalue weighted by Gasteiger charge is -2.11. The first kappa shape index (κ1) is 11.0. The van der Waals surface area contributed by atoms with Gasteiger partial charge in [-0.3, -0.25) is 10.1 Å². The quantitative estimate of drug-likeness (QED) is 0.671. The molecule has 1 aliphatic rings. The minimum atomic E-state index is -0.969. The number of rotatable bonds is 1. The molecule has 1 aromatic rings. The molecular formula is C9H6Cl2N2O3. The van der Waals surface area contributed by atoms with E-state index < -0.39 is 18.0 Å². The number of halogens is 2. The van der Waals surface area contributed by atoms with Crippen LogP contribution in [0.5, 0.6) is 5.75 Å². The van der Waals surface area contributed by atoms with E-state index in [0.29, 0.717) is 0 Å². The number of phenols is 1. The fourth-order valence-electron chi connectivity index (χ4n) is 1.44. The van der Waals surface area contributed by atoms with Crippen molar-refractivity contribution in [1.82, 2.24) is 10.6 Å². The molecule has 1 saturated heterocycles. The van der Waals surface area contributed by atoms with Gasteiger partial charge in [-0.05, 0) is 12.1 Å². The predicted octanol–water partition coefficient (Wildman–Crippen LogP) is 1.58. The molecule has 1 aliphatic heterocycles. The van der Waals surface area contributed by atoms with E-state index in [1.165, 1.54) is 12.1 Å². The summed E-state index contributed by atoms with van der Waals surface area (Å²) in [5.41, 5.74) is 0.167. The topological polar surface area (TPSA) is 78.4 Å². The van der Waals surface area contributed by atoms with Crippen molar-refractivity contribution in [3.8, 4) is 5.75 Å². The highest BCUT2D eigenvalue weighted by Gasteiger charge is 2.33. The second-order valence-electron chi connectivity index (χ2n) is 3.22. The molecular weight excluding hydrogens is 255 g/mol. The van der Waals surface area contributed by atoms with E-state index in [1.54, 1.807) is 0 Å². The Bertz CT molecular complexity index is 490. The third kappa shape index (κ3) is 1.79. The fraction of sp³-hybridized carbons (Fsp3) is 0.111.